The highest BCUT2D eigenvalue weighted by molar-refractivity contribution is 5.78. The van der Waals surface area contributed by atoms with Crippen molar-refractivity contribution in [2.75, 3.05) is 26.2 Å². The van der Waals surface area contributed by atoms with Gasteiger partial charge in [-0.1, -0.05) is 31.4 Å². The zero-order valence-corrected chi connectivity index (χ0v) is 14.9. The van der Waals surface area contributed by atoms with Crippen molar-refractivity contribution < 1.29 is 14.3 Å². The van der Waals surface area contributed by atoms with E-state index in [1.165, 1.54) is 31.4 Å². The molecule has 2 aliphatic rings. The minimum atomic E-state index is -0.244. The second-order valence-electron chi connectivity index (χ2n) is 7.51. The number of hydrogen-bond acceptors (Lipinski definition) is 3. The number of aliphatic hydroxyl groups excluding tert-OH is 1. The van der Waals surface area contributed by atoms with Gasteiger partial charge in [-0.25, -0.2) is 4.39 Å². The van der Waals surface area contributed by atoms with Crippen LogP contribution in [0.5, 0.6) is 0 Å². The van der Waals surface area contributed by atoms with E-state index in [0.29, 0.717) is 25.0 Å². The molecule has 4 nitrogen and oxygen atoms in total. The Labute approximate surface area is 149 Å². The highest BCUT2D eigenvalue weighted by Crippen LogP contribution is 2.25. The lowest BCUT2D eigenvalue weighted by molar-refractivity contribution is -0.136. The minimum absolute atomic E-state index is 0.162. The fourth-order valence-corrected chi connectivity index (χ4v) is 4.09. The van der Waals surface area contributed by atoms with Crippen molar-refractivity contribution in [3.63, 3.8) is 0 Å². The maximum atomic E-state index is 13.2. The molecule has 1 unspecified atom stereocenters. The Morgan fingerprint density at radius 1 is 1.16 bits per heavy atom. The Morgan fingerprint density at radius 2 is 1.88 bits per heavy atom. The van der Waals surface area contributed by atoms with Gasteiger partial charge in [0.05, 0.1) is 6.54 Å². The van der Waals surface area contributed by atoms with E-state index in [-0.39, 0.29) is 18.3 Å². The van der Waals surface area contributed by atoms with Crippen LogP contribution in [0.4, 0.5) is 4.39 Å². The largest absolute Gasteiger partial charge is 0.396 e. The van der Waals surface area contributed by atoms with E-state index in [0.717, 1.165) is 37.9 Å². The number of aliphatic hydroxyl groups is 1. The third-order valence-corrected chi connectivity index (χ3v) is 5.59. The molecule has 1 aliphatic carbocycles. The molecule has 1 saturated carbocycles. The zero-order valence-electron chi connectivity index (χ0n) is 14.9. The SMILES string of the molecule is O=C(CN1CCC(CO)C1)N(Cc1ccc(F)cc1)C1CCCCC1. The van der Waals surface area contributed by atoms with Crippen LogP contribution in [0.3, 0.4) is 0 Å². The summed E-state index contributed by atoms with van der Waals surface area (Å²) >= 11 is 0. The molecule has 1 heterocycles. The van der Waals surface area contributed by atoms with Crippen molar-refractivity contribution in [2.24, 2.45) is 5.92 Å². The summed E-state index contributed by atoms with van der Waals surface area (Å²) in [6.07, 6.45) is 6.69. The summed E-state index contributed by atoms with van der Waals surface area (Å²) in [6, 6.07) is 6.77. The summed E-state index contributed by atoms with van der Waals surface area (Å²) in [6.45, 7) is 2.87. The van der Waals surface area contributed by atoms with Gasteiger partial charge >= 0.3 is 0 Å². The standard InChI is InChI=1S/C20H29FN2O2/c21-18-8-6-16(7-9-18)13-23(19-4-2-1-3-5-19)20(25)14-22-11-10-17(12-22)15-24/h6-9,17,19,24H,1-5,10-15H2. The van der Waals surface area contributed by atoms with Gasteiger partial charge in [0.25, 0.3) is 0 Å². The van der Waals surface area contributed by atoms with Crippen LogP contribution >= 0.6 is 0 Å². The number of hydrogen-bond donors (Lipinski definition) is 1. The lowest BCUT2D eigenvalue weighted by Gasteiger charge is -2.35. The van der Waals surface area contributed by atoms with Crippen molar-refractivity contribution >= 4 is 5.91 Å². The average molecular weight is 348 g/mol. The van der Waals surface area contributed by atoms with Crippen molar-refractivity contribution in [1.29, 1.82) is 0 Å². The number of likely N-dealkylation sites (tertiary alicyclic amines) is 1. The predicted octanol–water partition coefficient (Wildman–Crippen LogP) is 2.80. The molecule has 0 radical (unpaired) electrons. The number of nitrogens with zero attached hydrogens (tertiary/aromatic N) is 2. The average Bonchev–Trinajstić information content (AvgIpc) is 3.09. The number of carbonyl (C=O) groups is 1. The van der Waals surface area contributed by atoms with Gasteiger partial charge in [-0.05, 0) is 49.4 Å². The van der Waals surface area contributed by atoms with Crippen LogP contribution < -0.4 is 0 Å². The van der Waals surface area contributed by atoms with Gasteiger partial charge < -0.3 is 10.0 Å². The molecule has 5 heteroatoms. The molecule has 0 spiro atoms. The lowest BCUT2D eigenvalue weighted by atomic mass is 9.93. The maximum Gasteiger partial charge on any atom is 0.237 e. The fraction of sp³-hybridized carbons (Fsp3) is 0.650. The molecule has 0 aromatic heterocycles. The molecular formula is C20H29FN2O2. The second-order valence-corrected chi connectivity index (χ2v) is 7.51. The summed E-state index contributed by atoms with van der Waals surface area (Å²) in [4.78, 5) is 17.2. The van der Waals surface area contributed by atoms with E-state index in [4.69, 9.17) is 0 Å². The predicted molar refractivity (Wildman–Crippen MR) is 95.5 cm³/mol. The molecule has 1 aromatic rings. The Balaban J connectivity index is 1.66. The Morgan fingerprint density at radius 3 is 2.52 bits per heavy atom. The van der Waals surface area contributed by atoms with Gasteiger partial charge in [0.1, 0.15) is 5.82 Å². The van der Waals surface area contributed by atoms with Gasteiger partial charge in [-0.3, -0.25) is 9.69 Å². The minimum Gasteiger partial charge on any atom is -0.396 e. The van der Waals surface area contributed by atoms with Crippen molar-refractivity contribution in [2.45, 2.75) is 51.1 Å². The van der Waals surface area contributed by atoms with Crippen molar-refractivity contribution in [3.05, 3.63) is 35.6 Å². The molecule has 0 bridgehead atoms. The van der Waals surface area contributed by atoms with Crippen LogP contribution in [-0.4, -0.2) is 53.1 Å². The molecule has 3 rings (SSSR count). The smallest absolute Gasteiger partial charge is 0.237 e. The monoisotopic (exact) mass is 348 g/mol. The molecule has 1 aliphatic heterocycles. The zero-order chi connectivity index (χ0) is 17.6. The van der Waals surface area contributed by atoms with E-state index in [9.17, 15) is 14.3 Å². The van der Waals surface area contributed by atoms with E-state index in [1.807, 2.05) is 4.90 Å². The van der Waals surface area contributed by atoms with Crippen LogP contribution in [0.15, 0.2) is 24.3 Å². The lowest BCUT2D eigenvalue weighted by Crippen LogP contribution is -2.45. The molecule has 1 saturated heterocycles. The molecule has 2 fully saturated rings. The molecule has 1 aromatic carbocycles. The molecule has 1 amide bonds. The number of benzene rings is 1. The van der Waals surface area contributed by atoms with Crippen molar-refractivity contribution in [3.8, 4) is 0 Å². The quantitative estimate of drug-likeness (QED) is 0.860. The van der Waals surface area contributed by atoms with E-state index >= 15 is 0 Å². The molecule has 1 N–H and O–H groups in total. The Bertz CT molecular complexity index is 557. The first kappa shape index (κ1) is 18.3. The first-order valence-corrected chi connectivity index (χ1v) is 9.53. The van der Waals surface area contributed by atoms with Crippen LogP contribution in [0.2, 0.25) is 0 Å². The number of amides is 1. The first-order valence-electron chi connectivity index (χ1n) is 9.53. The first-order chi connectivity index (χ1) is 12.2. The normalized spacial score (nSPS) is 22.2. The Kier molecular flexibility index (Phi) is 6.43. The number of halogens is 1. The van der Waals surface area contributed by atoms with E-state index < -0.39 is 0 Å². The van der Waals surface area contributed by atoms with Gasteiger partial charge in [0.15, 0.2) is 0 Å². The second kappa shape index (κ2) is 8.77. The third-order valence-electron chi connectivity index (χ3n) is 5.59. The van der Waals surface area contributed by atoms with E-state index in [2.05, 4.69) is 4.90 Å². The maximum absolute atomic E-state index is 13.2. The van der Waals surface area contributed by atoms with Crippen LogP contribution in [0.25, 0.3) is 0 Å². The number of rotatable bonds is 6. The highest BCUT2D eigenvalue weighted by atomic mass is 19.1. The van der Waals surface area contributed by atoms with E-state index in [1.54, 1.807) is 12.1 Å². The van der Waals surface area contributed by atoms with Gasteiger partial charge in [0, 0.05) is 25.7 Å². The molecule has 138 valence electrons. The molecule has 1 atom stereocenters. The van der Waals surface area contributed by atoms with Crippen LogP contribution in [0, 0.1) is 11.7 Å². The molecular weight excluding hydrogens is 319 g/mol. The van der Waals surface area contributed by atoms with Crippen LogP contribution in [0.1, 0.15) is 44.1 Å². The third kappa shape index (κ3) is 5.02. The fourth-order valence-electron chi connectivity index (χ4n) is 4.09. The van der Waals surface area contributed by atoms with Gasteiger partial charge in [-0.15, -0.1) is 0 Å². The number of carbonyl (C=O) groups excluding carboxylic acids is 1. The summed E-state index contributed by atoms with van der Waals surface area (Å²) in [5.74, 6) is 0.217. The highest BCUT2D eigenvalue weighted by Gasteiger charge is 2.29. The van der Waals surface area contributed by atoms with Gasteiger partial charge in [0.2, 0.25) is 5.91 Å². The van der Waals surface area contributed by atoms with Gasteiger partial charge in [-0.2, -0.15) is 0 Å². The Hall–Kier alpha value is -1.46. The summed E-state index contributed by atoms with van der Waals surface area (Å²) in [5, 5.41) is 9.30. The summed E-state index contributed by atoms with van der Waals surface area (Å²) in [5.41, 5.74) is 0.981. The van der Waals surface area contributed by atoms with Crippen LogP contribution in [-0.2, 0) is 11.3 Å². The topological polar surface area (TPSA) is 43.8 Å². The van der Waals surface area contributed by atoms with Crippen molar-refractivity contribution in [1.82, 2.24) is 9.80 Å². The summed E-state index contributed by atoms with van der Waals surface area (Å²) < 4.78 is 13.2. The summed E-state index contributed by atoms with van der Waals surface area (Å²) in [7, 11) is 0. The molecule has 25 heavy (non-hydrogen) atoms.